The zero-order valence-electron chi connectivity index (χ0n) is 14.3. The van der Waals surface area contributed by atoms with Gasteiger partial charge in [-0.1, -0.05) is 35.9 Å². The Morgan fingerprint density at radius 2 is 1.78 bits per heavy atom. The highest BCUT2D eigenvalue weighted by Crippen LogP contribution is 2.13. The van der Waals surface area contributed by atoms with Crippen molar-refractivity contribution in [3.63, 3.8) is 0 Å². The lowest BCUT2D eigenvalue weighted by atomic mass is 10.1. The molecule has 0 aliphatic rings. The predicted molar refractivity (Wildman–Crippen MR) is 97.6 cm³/mol. The van der Waals surface area contributed by atoms with Crippen LogP contribution < -0.4 is 10.2 Å². The maximum Gasteiger partial charge on any atom is 0.244 e. The normalized spacial score (nSPS) is 10.8. The molecule has 0 unspecified atom stereocenters. The van der Waals surface area contributed by atoms with Crippen molar-refractivity contribution in [1.29, 1.82) is 0 Å². The van der Waals surface area contributed by atoms with Gasteiger partial charge in [-0.15, -0.1) is 0 Å². The van der Waals surface area contributed by atoms with Gasteiger partial charge in [0.15, 0.2) is 0 Å². The number of nitrogens with one attached hydrogen (secondary N) is 1. The molecule has 0 aliphatic carbocycles. The monoisotopic (exact) mass is 308 g/mol. The molecule has 0 saturated heterocycles. The quantitative estimate of drug-likeness (QED) is 0.854. The first-order chi connectivity index (χ1) is 11.0. The van der Waals surface area contributed by atoms with Gasteiger partial charge in [-0.25, -0.2) is 0 Å². The maximum absolute atomic E-state index is 11.9. The van der Waals surface area contributed by atoms with Crippen molar-refractivity contribution >= 4 is 17.7 Å². The second-order valence-electron chi connectivity index (χ2n) is 5.97. The molecular formula is C20H24N2O. The Labute approximate surface area is 138 Å². The lowest BCUT2D eigenvalue weighted by Crippen LogP contribution is -2.20. The molecule has 1 N–H and O–H groups in total. The Morgan fingerprint density at radius 1 is 1.09 bits per heavy atom. The molecule has 1 amide bonds. The van der Waals surface area contributed by atoms with Crippen molar-refractivity contribution in [2.24, 2.45) is 0 Å². The molecule has 2 aromatic carbocycles. The molecule has 0 bridgehead atoms. The number of hydrogen-bond donors (Lipinski definition) is 1. The van der Waals surface area contributed by atoms with Gasteiger partial charge < -0.3 is 10.2 Å². The van der Waals surface area contributed by atoms with Crippen LogP contribution in [0.5, 0.6) is 0 Å². The van der Waals surface area contributed by atoms with Gasteiger partial charge in [0, 0.05) is 32.4 Å². The van der Waals surface area contributed by atoms with Crippen molar-refractivity contribution in [3.05, 3.63) is 70.8 Å². The van der Waals surface area contributed by atoms with Crippen molar-refractivity contribution in [1.82, 2.24) is 5.32 Å². The van der Waals surface area contributed by atoms with Crippen molar-refractivity contribution in [3.8, 4) is 0 Å². The summed E-state index contributed by atoms with van der Waals surface area (Å²) in [6.45, 7) is 4.65. The molecule has 120 valence electrons. The van der Waals surface area contributed by atoms with Crippen molar-refractivity contribution in [2.75, 3.05) is 19.0 Å². The van der Waals surface area contributed by atoms with Crippen LogP contribution in [0.15, 0.2) is 48.5 Å². The van der Waals surface area contributed by atoms with E-state index in [2.05, 4.69) is 36.2 Å². The number of aryl methyl sites for hydroxylation is 2. The fourth-order valence-corrected chi connectivity index (χ4v) is 2.34. The average Bonchev–Trinajstić information content (AvgIpc) is 2.52. The highest BCUT2D eigenvalue weighted by molar-refractivity contribution is 5.91. The minimum absolute atomic E-state index is 0.0818. The van der Waals surface area contributed by atoms with Gasteiger partial charge in [0.25, 0.3) is 0 Å². The number of nitrogens with zero attached hydrogens (tertiary/aromatic N) is 1. The number of carbonyl (C=O) groups excluding carboxylic acids is 1. The summed E-state index contributed by atoms with van der Waals surface area (Å²) in [6.07, 6.45) is 3.45. The molecule has 0 fully saturated rings. The maximum atomic E-state index is 11.9. The molecule has 0 saturated carbocycles. The second kappa shape index (κ2) is 7.63. The third-order valence-electron chi connectivity index (χ3n) is 3.76. The number of amides is 1. The fourth-order valence-electron chi connectivity index (χ4n) is 2.34. The van der Waals surface area contributed by atoms with Crippen LogP contribution in [0.4, 0.5) is 5.69 Å². The first kappa shape index (κ1) is 16.8. The molecule has 3 heteroatoms. The topological polar surface area (TPSA) is 32.3 Å². The number of rotatable bonds is 5. The highest BCUT2D eigenvalue weighted by atomic mass is 16.1. The molecule has 0 atom stereocenters. The molecule has 0 radical (unpaired) electrons. The van der Waals surface area contributed by atoms with Crippen LogP contribution >= 0.6 is 0 Å². The lowest BCUT2D eigenvalue weighted by Gasteiger charge is -2.12. The van der Waals surface area contributed by atoms with E-state index in [0.29, 0.717) is 6.54 Å². The Bertz CT molecular complexity index is 700. The van der Waals surface area contributed by atoms with Gasteiger partial charge in [0.05, 0.1) is 0 Å². The molecule has 2 aromatic rings. The molecular weight excluding hydrogens is 284 g/mol. The molecule has 3 nitrogen and oxygen atoms in total. The van der Waals surface area contributed by atoms with Crippen LogP contribution in [0.1, 0.15) is 22.3 Å². The van der Waals surface area contributed by atoms with Crippen LogP contribution in [-0.2, 0) is 11.3 Å². The van der Waals surface area contributed by atoms with Gasteiger partial charge in [-0.3, -0.25) is 4.79 Å². The SMILES string of the molecule is Cc1ccc(/C=C/C(=O)NCc2ccc(N(C)C)cc2)c(C)c1. The van der Waals surface area contributed by atoms with E-state index in [1.807, 2.05) is 50.5 Å². The fraction of sp³-hybridized carbons (Fsp3) is 0.250. The Balaban J connectivity index is 1.90. The largest absolute Gasteiger partial charge is 0.378 e. The van der Waals surface area contributed by atoms with E-state index in [4.69, 9.17) is 0 Å². The van der Waals surface area contributed by atoms with E-state index in [1.165, 1.54) is 11.1 Å². The van der Waals surface area contributed by atoms with E-state index in [-0.39, 0.29) is 5.91 Å². The summed E-state index contributed by atoms with van der Waals surface area (Å²) in [4.78, 5) is 14.0. The number of benzene rings is 2. The molecule has 0 spiro atoms. The summed E-state index contributed by atoms with van der Waals surface area (Å²) in [5, 5.41) is 2.91. The second-order valence-corrected chi connectivity index (χ2v) is 5.97. The van der Waals surface area contributed by atoms with Crippen molar-refractivity contribution < 1.29 is 4.79 Å². The Kier molecular flexibility index (Phi) is 5.58. The van der Waals surface area contributed by atoms with Crippen LogP contribution in [-0.4, -0.2) is 20.0 Å². The number of carbonyl (C=O) groups is 1. The molecule has 0 aromatic heterocycles. The number of hydrogen-bond acceptors (Lipinski definition) is 2. The van der Waals surface area contributed by atoms with Crippen molar-refractivity contribution in [2.45, 2.75) is 20.4 Å². The third-order valence-corrected chi connectivity index (χ3v) is 3.76. The summed E-state index contributed by atoms with van der Waals surface area (Å²) in [5.74, 6) is -0.0818. The Hall–Kier alpha value is -2.55. The standard InChI is InChI=1S/C20H24N2O/c1-15-5-8-18(16(2)13-15)9-12-20(23)21-14-17-6-10-19(11-7-17)22(3)4/h5-13H,14H2,1-4H3,(H,21,23)/b12-9+. The van der Waals surface area contributed by atoms with Crippen LogP contribution in [0, 0.1) is 13.8 Å². The molecule has 0 aliphatic heterocycles. The Morgan fingerprint density at radius 3 is 2.39 bits per heavy atom. The average molecular weight is 308 g/mol. The van der Waals surface area contributed by atoms with Crippen LogP contribution in [0.2, 0.25) is 0 Å². The van der Waals surface area contributed by atoms with Crippen LogP contribution in [0.25, 0.3) is 6.08 Å². The third kappa shape index (κ3) is 4.99. The lowest BCUT2D eigenvalue weighted by molar-refractivity contribution is -0.116. The van der Waals surface area contributed by atoms with E-state index in [1.54, 1.807) is 6.08 Å². The highest BCUT2D eigenvalue weighted by Gasteiger charge is 2.00. The summed E-state index contributed by atoms with van der Waals surface area (Å²) in [5.41, 5.74) is 5.71. The zero-order chi connectivity index (χ0) is 16.8. The molecule has 0 heterocycles. The first-order valence-electron chi connectivity index (χ1n) is 7.75. The van der Waals surface area contributed by atoms with Gasteiger partial charge in [0.2, 0.25) is 5.91 Å². The van der Waals surface area contributed by atoms with Gasteiger partial charge >= 0.3 is 0 Å². The zero-order valence-corrected chi connectivity index (χ0v) is 14.3. The number of anilines is 1. The van der Waals surface area contributed by atoms with Gasteiger partial charge in [0.1, 0.15) is 0 Å². The summed E-state index contributed by atoms with van der Waals surface area (Å²) in [6, 6.07) is 14.4. The van der Waals surface area contributed by atoms with Gasteiger partial charge in [-0.05, 0) is 48.7 Å². The van der Waals surface area contributed by atoms with Gasteiger partial charge in [-0.2, -0.15) is 0 Å². The minimum Gasteiger partial charge on any atom is -0.378 e. The molecule has 23 heavy (non-hydrogen) atoms. The summed E-state index contributed by atoms with van der Waals surface area (Å²) < 4.78 is 0. The molecule has 2 rings (SSSR count). The predicted octanol–water partition coefficient (Wildman–Crippen LogP) is 3.70. The van der Waals surface area contributed by atoms with E-state index in [0.717, 1.165) is 16.8 Å². The smallest absolute Gasteiger partial charge is 0.244 e. The minimum atomic E-state index is -0.0818. The van der Waals surface area contributed by atoms with E-state index >= 15 is 0 Å². The summed E-state index contributed by atoms with van der Waals surface area (Å²) in [7, 11) is 4.02. The summed E-state index contributed by atoms with van der Waals surface area (Å²) >= 11 is 0. The van der Waals surface area contributed by atoms with E-state index < -0.39 is 0 Å². The first-order valence-corrected chi connectivity index (χ1v) is 7.75. The van der Waals surface area contributed by atoms with Crippen LogP contribution in [0.3, 0.4) is 0 Å². The van der Waals surface area contributed by atoms with E-state index in [9.17, 15) is 4.79 Å².